The third kappa shape index (κ3) is 4.45. The van der Waals surface area contributed by atoms with Crippen LogP contribution < -0.4 is 11.1 Å². The Morgan fingerprint density at radius 2 is 1.97 bits per heavy atom. The lowest BCUT2D eigenvalue weighted by atomic mass is 9.84. The van der Waals surface area contributed by atoms with Gasteiger partial charge in [0.25, 0.3) is 0 Å². The molecule has 32 heavy (non-hydrogen) atoms. The molecule has 0 saturated carbocycles. The Labute approximate surface area is 188 Å². The van der Waals surface area contributed by atoms with Gasteiger partial charge in [-0.05, 0) is 31.4 Å². The molecule has 4 rings (SSSR count). The number of aliphatic hydroxyl groups excluding tert-OH is 1. The fourth-order valence-corrected chi connectivity index (χ4v) is 4.69. The molecule has 1 saturated heterocycles. The fourth-order valence-electron chi connectivity index (χ4n) is 4.69. The van der Waals surface area contributed by atoms with Crippen molar-refractivity contribution in [1.82, 2.24) is 4.90 Å². The summed E-state index contributed by atoms with van der Waals surface area (Å²) in [5.74, 6) is 0.0342. The zero-order chi connectivity index (χ0) is 22.6. The number of likely N-dealkylation sites (tertiary alicyclic amines) is 1. The lowest BCUT2D eigenvalue weighted by Gasteiger charge is -2.45. The first-order valence-corrected chi connectivity index (χ1v) is 11.0. The highest BCUT2D eigenvalue weighted by Gasteiger charge is 2.50. The Morgan fingerprint density at radius 3 is 2.59 bits per heavy atom. The summed E-state index contributed by atoms with van der Waals surface area (Å²) >= 11 is 0. The predicted molar refractivity (Wildman–Crippen MR) is 123 cm³/mol. The van der Waals surface area contributed by atoms with E-state index in [2.05, 4.69) is 10.2 Å². The third-order valence-corrected chi connectivity index (χ3v) is 6.42. The maximum atomic E-state index is 13.0. The molecule has 1 fully saturated rings. The second-order valence-corrected chi connectivity index (χ2v) is 8.52. The van der Waals surface area contributed by atoms with E-state index >= 15 is 0 Å². The van der Waals surface area contributed by atoms with Gasteiger partial charge in [-0.25, -0.2) is 0 Å². The van der Waals surface area contributed by atoms with E-state index in [9.17, 15) is 9.90 Å². The summed E-state index contributed by atoms with van der Waals surface area (Å²) in [6.07, 6.45) is 3.61. The lowest BCUT2D eigenvalue weighted by molar-refractivity contribution is -0.131. The predicted octanol–water partition coefficient (Wildman–Crippen LogP) is 2.68. The highest BCUT2D eigenvalue weighted by Crippen LogP contribution is 2.35. The van der Waals surface area contributed by atoms with Crippen LogP contribution in [0.4, 0.5) is 5.69 Å². The molecule has 7 nitrogen and oxygen atoms in total. The summed E-state index contributed by atoms with van der Waals surface area (Å²) in [5.41, 5.74) is 8.92. The average Bonchev–Trinajstić information content (AvgIpc) is 3.35. The van der Waals surface area contributed by atoms with Gasteiger partial charge in [-0.3, -0.25) is 9.69 Å². The fraction of sp³-hybridized carbons (Fsp3) is 0.400. The molecule has 2 aromatic rings. The second kappa shape index (κ2) is 9.63. The molecule has 0 radical (unpaired) electrons. The van der Waals surface area contributed by atoms with Gasteiger partial charge in [-0.1, -0.05) is 48.0 Å². The molecular formula is C25H31N3O4. The van der Waals surface area contributed by atoms with Crippen molar-refractivity contribution in [3.63, 3.8) is 0 Å². The van der Waals surface area contributed by atoms with Crippen molar-refractivity contribution in [3.8, 4) is 0 Å². The smallest absolute Gasteiger partial charge is 0.246 e. The highest BCUT2D eigenvalue weighted by molar-refractivity contribution is 5.88. The summed E-state index contributed by atoms with van der Waals surface area (Å²) < 4.78 is 11.0. The molecule has 0 aromatic heterocycles. The molecule has 2 aliphatic rings. The summed E-state index contributed by atoms with van der Waals surface area (Å²) in [5, 5.41) is 13.3. The van der Waals surface area contributed by atoms with Crippen molar-refractivity contribution in [2.45, 2.75) is 44.4 Å². The quantitative estimate of drug-likeness (QED) is 0.588. The first-order valence-electron chi connectivity index (χ1n) is 11.0. The molecule has 1 atom stereocenters. The number of amides is 1. The number of ether oxygens (including phenoxy) is 2. The number of aliphatic hydroxyl groups is 1. The van der Waals surface area contributed by atoms with Crippen LogP contribution in [-0.2, 0) is 27.3 Å². The van der Waals surface area contributed by atoms with Gasteiger partial charge in [-0.15, -0.1) is 0 Å². The Morgan fingerprint density at radius 1 is 1.22 bits per heavy atom. The van der Waals surface area contributed by atoms with Gasteiger partial charge in [0.2, 0.25) is 12.7 Å². The molecule has 170 valence electrons. The monoisotopic (exact) mass is 437 g/mol. The zero-order valence-electron chi connectivity index (χ0n) is 18.4. The van der Waals surface area contributed by atoms with Crippen LogP contribution in [0.3, 0.4) is 0 Å². The van der Waals surface area contributed by atoms with Gasteiger partial charge >= 0.3 is 0 Å². The molecule has 2 aromatic carbocycles. The number of nitrogens with one attached hydrogen (secondary N) is 1. The van der Waals surface area contributed by atoms with Crippen LogP contribution in [0.2, 0.25) is 0 Å². The minimum Gasteiger partial charge on any atom is -0.462 e. The Bertz CT molecular complexity index is 970. The van der Waals surface area contributed by atoms with Gasteiger partial charge in [0.15, 0.2) is 11.3 Å². The molecule has 2 aliphatic heterocycles. The Hall–Kier alpha value is -3.03. The Balaban J connectivity index is 1.53. The number of benzene rings is 2. The number of hydrogen-bond acceptors (Lipinski definition) is 6. The third-order valence-electron chi connectivity index (χ3n) is 6.42. The number of primary amides is 1. The molecule has 0 bridgehead atoms. The van der Waals surface area contributed by atoms with Crippen LogP contribution in [0, 0.1) is 6.92 Å². The number of anilines is 1. The molecular weight excluding hydrogens is 406 g/mol. The summed E-state index contributed by atoms with van der Waals surface area (Å²) in [6, 6.07) is 16.1. The number of rotatable bonds is 8. The van der Waals surface area contributed by atoms with Crippen LogP contribution in [0.1, 0.15) is 29.5 Å². The van der Waals surface area contributed by atoms with E-state index in [0.717, 1.165) is 35.2 Å². The standard InChI is InChI=1S/C25H31N3O4/c1-18-7-8-22(20(13-18)15-29)27-21-9-11-28(12-10-21)25(24(26)30,23-16-31-17-32-23)14-19-5-3-2-4-6-19/h2-8,13,16,21,27,29H,9-12,14-15,17H2,1H3,(H2,26,30). The maximum absolute atomic E-state index is 13.0. The zero-order valence-corrected chi connectivity index (χ0v) is 18.4. The van der Waals surface area contributed by atoms with E-state index in [1.165, 1.54) is 6.26 Å². The van der Waals surface area contributed by atoms with E-state index in [0.29, 0.717) is 25.3 Å². The van der Waals surface area contributed by atoms with Gasteiger partial charge in [0.1, 0.15) is 6.26 Å². The van der Waals surface area contributed by atoms with Crippen LogP contribution in [0.15, 0.2) is 60.6 Å². The highest BCUT2D eigenvalue weighted by atomic mass is 16.7. The van der Waals surface area contributed by atoms with E-state index in [1.54, 1.807) is 0 Å². The van der Waals surface area contributed by atoms with E-state index < -0.39 is 11.4 Å². The molecule has 1 unspecified atom stereocenters. The summed E-state index contributed by atoms with van der Waals surface area (Å²) in [6.45, 7) is 3.45. The molecule has 0 spiro atoms. The van der Waals surface area contributed by atoms with E-state index in [-0.39, 0.29) is 19.4 Å². The number of carbonyl (C=O) groups excluding carboxylic acids is 1. The number of aryl methyl sites for hydroxylation is 1. The molecule has 0 aliphatic carbocycles. The van der Waals surface area contributed by atoms with Crippen LogP contribution in [-0.4, -0.2) is 47.4 Å². The van der Waals surface area contributed by atoms with Crippen LogP contribution in [0.5, 0.6) is 0 Å². The number of nitrogens with two attached hydrogens (primary N) is 1. The largest absolute Gasteiger partial charge is 0.462 e. The minimum atomic E-state index is -1.09. The lowest BCUT2D eigenvalue weighted by Crippen LogP contribution is -2.62. The van der Waals surface area contributed by atoms with Gasteiger partial charge in [0.05, 0.1) is 6.61 Å². The topological polar surface area (TPSA) is 97.1 Å². The van der Waals surface area contributed by atoms with Crippen molar-refractivity contribution < 1.29 is 19.4 Å². The second-order valence-electron chi connectivity index (χ2n) is 8.52. The summed E-state index contributed by atoms with van der Waals surface area (Å²) in [4.78, 5) is 15.1. The number of nitrogens with zero attached hydrogens (tertiary/aromatic N) is 1. The van der Waals surface area contributed by atoms with Gasteiger partial charge in [-0.2, -0.15) is 0 Å². The summed E-state index contributed by atoms with van der Waals surface area (Å²) in [7, 11) is 0. The first-order chi connectivity index (χ1) is 15.5. The van der Waals surface area contributed by atoms with Crippen LogP contribution >= 0.6 is 0 Å². The van der Waals surface area contributed by atoms with E-state index in [4.69, 9.17) is 15.2 Å². The van der Waals surface area contributed by atoms with Crippen molar-refractivity contribution in [2.75, 3.05) is 25.2 Å². The van der Waals surface area contributed by atoms with Crippen LogP contribution in [0.25, 0.3) is 0 Å². The van der Waals surface area contributed by atoms with Crippen molar-refractivity contribution in [1.29, 1.82) is 0 Å². The van der Waals surface area contributed by atoms with Crippen molar-refractivity contribution >= 4 is 11.6 Å². The number of hydrogen-bond donors (Lipinski definition) is 3. The SMILES string of the molecule is Cc1ccc(NC2CCN(C(Cc3ccccc3)(C(N)=O)C3=COCO3)CC2)c(CO)c1. The Kier molecular flexibility index (Phi) is 6.67. The normalized spacial score (nSPS) is 18.9. The minimum absolute atomic E-state index is 0.00376. The molecule has 2 heterocycles. The molecule has 1 amide bonds. The molecule has 7 heteroatoms. The van der Waals surface area contributed by atoms with Gasteiger partial charge < -0.3 is 25.6 Å². The number of piperidine rings is 1. The molecule has 4 N–H and O–H groups in total. The van der Waals surface area contributed by atoms with Crippen molar-refractivity contribution in [3.05, 3.63) is 77.2 Å². The number of carbonyl (C=O) groups is 1. The van der Waals surface area contributed by atoms with Gasteiger partial charge in [0, 0.05) is 36.8 Å². The maximum Gasteiger partial charge on any atom is 0.246 e. The first kappa shape index (κ1) is 22.2. The van der Waals surface area contributed by atoms with E-state index in [1.807, 2.05) is 55.5 Å². The van der Waals surface area contributed by atoms with Crippen molar-refractivity contribution in [2.24, 2.45) is 5.73 Å². The average molecular weight is 438 g/mol.